The van der Waals surface area contributed by atoms with E-state index in [0.29, 0.717) is 11.7 Å². The molecule has 3 aromatic carbocycles. The first kappa shape index (κ1) is 26.7. The minimum Gasteiger partial charge on any atom is -0.341 e. The molecule has 1 N–H and O–H groups in total. The van der Waals surface area contributed by atoms with Gasteiger partial charge in [-0.15, -0.1) is 10.2 Å². The second-order valence-corrected chi connectivity index (χ2v) is 11.4. The quantitative estimate of drug-likeness (QED) is 0.137. The summed E-state index contributed by atoms with van der Waals surface area (Å²) in [5.41, 5.74) is 8.37. The van der Waals surface area contributed by atoms with Crippen LogP contribution in [-0.2, 0) is 23.3 Å². The second kappa shape index (κ2) is 11.1. The van der Waals surface area contributed by atoms with Crippen molar-refractivity contribution in [2.45, 2.75) is 58.3 Å². The number of amides is 1. The number of rotatable bonds is 8. The molecule has 0 fully saturated rings. The molecule has 5 aromatic rings. The van der Waals surface area contributed by atoms with Crippen LogP contribution in [0.3, 0.4) is 0 Å². The topological polar surface area (TPSA) is 77.1 Å². The van der Waals surface area contributed by atoms with Gasteiger partial charge in [-0.25, -0.2) is 5.43 Å². The van der Waals surface area contributed by atoms with E-state index in [9.17, 15) is 4.79 Å². The molecule has 1 amide bonds. The van der Waals surface area contributed by atoms with E-state index in [0.717, 1.165) is 23.5 Å². The maximum atomic E-state index is 12.5. The fourth-order valence-electron chi connectivity index (χ4n) is 4.85. The molecule has 39 heavy (non-hydrogen) atoms. The highest BCUT2D eigenvalue weighted by Gasteiger charge is 2.17. The lowest BCUT2D eigenvalue weighted by Crippen LogP contribution is -2.20. The van der Waals surface area contributed by atoms with Gasteiger partial charge in [0.05, 0.1) is 12.0 Å². The Hall–Kier alpha value is -3.91. The number of nitrogens with zero attached hydrogens (tertiary/aromatic N) is 5. The SMILES string of the molecule is CCn1c(SCC(=O)N/N=C/c2ccc3c(c2)c2ccccc2n3CC)nnc1-c1ccc(C(C)(C)C)cc1. The zero-order valence-corrected chi connectivity index (χ0v) is 23.9. The Kier molecular flexibility index (Phi) is 7.57. The van der Waals surface area contributed by atoms with Crippen molar-refractivity contribution in [3.05, 3.63) is 77.9 Å². The van der Waals surface area contributed by atoms with Crippen molar-refractivity contribution in [1.82, 2.24) is 24.8 Å². The van der Waals surface area contributed by atoms with E-state index in [4.69, 9.17) is 0 Å². The van der Waals surface area contributed by atoms with Gasteiger partial charge in [-0.1, -0.05) is 81.1 Å². The van der Waals surface area contributed by atoms with E-state index in [1.54, 1.807) is 6.21 Å². The van der Waals surface area contributed by atoms with Crippen LogP contribution in [0.25, 0.3) is 33.2 Å². The fraction of sp³-hybridized carbons (Fsp3) is 0.290. The normalized spacial score (nSPS) is 12.1. The Morgan fingerprint density at radius 1 is 0.923 bits per heavy atom. The van der Waals surface area contributed by atoms with Gasteiger partial charge in [0.1, 0.15) is 0 Å². The van der Waals surface area contributed by atoms with E-state index >= 15 is 0 Å². The van der Waals surface area contributed by atoms with Crippen LogP contribution < -0.4 is 5.43 Å². The highest BCUT2D eigenvalue weighted by Crippen LogP contribution is 2.30. The van der Waals surface area contributed by atoms with Crippen molar-refractivity contribution in [1.29, 1.82) is 0 Å². The first-order valence-corrected chi connectivity index (χ1v) is 14.3. The summed E-state index contributed by atoms with van der Waals surface area (Å²) in [5, 5.41) is 16.1. The molecular formula is C31H34N6OS. The molecule has 5 rings (SSSR count). The zero-order valence-electron chi connectivity index (χ0n) is 23.1. The van der Waals surface area contributed by atoms with Gasteiger partial charge in [0.25, 0.3) is 5.91 Å². The van der Waals surface area contributed by atoms with Crippen LogP contribution in [0.2, 0.25) is 0 Å². The summed E-state index contributed by atoms with van der Waals surface area (Å²) < 4.78 is 4.35. The summed E-state index contributed by atoms with van der Waals surface area (Å²) >= 11 is 1.36. The summed E-state index contributed by atoms with van der Waals surface area (Å²) in [7, 11) is 0. The summed E-state index contributed by atoms with van der Waals surface area (Å²) in [6, 6.07) is 23.1. The maximum absolute atomic E-state index is 12.5. The minimum atomic E-state index is -0.193. The molecule has 0 aliphatic heterocycles. The van der Waals surface area contributed by atoms with Crippen molar-refractivity contribution in [3.63, 3.8) is 0 Å². The lowest BCUT2D eigenvalue weighted by molar-refractivity contribution is -0.118. The van der Waals surface area contributed by atoms with Gasteiger partial charge in [0, 0.05) is 40.5 Å². The molecule has 0 bridgehead atoms. The van der Waals surface area contributed by atoms with Crippen molar-refractivity contribution in [2.75, 3.05) is 5.75 Å². The van der Waals surface area contributed by atoms with Gasteiger partial charge in [0.15, 0.2) is 11.0 Å². The van der Waals surface area contributed by atoms with Gasteiger partial charge in [-0.05, 0) is 48.6 Å². The number of carbonyl (C=O) groups excluding carboxylic acids is 1. The number of aromatic nitrogens is 4. The van der Waals surface area contributed by atoms with E-state index in [2.05, 4.69) is 121 Å². The molecule has 7 nitrogen and oxygen atoms in total. The molecule has 0 radical (unpaired) electrons. The van der Waals surface area contributed by atoms with Crippen LogP contribution >= 0.6 is 11.8 Å². The number of carbonyl (C=O) groups is 1. The molecule has 0 saturated heterocycles. The molecule has 0 aliphatic rings. The number of benzene rings is 3. The third kappa shape index (κ3) is 5.47. The molecule has 0 aliphatic carbocycles. The molecule has 2 aromatic heterocycles. The molecule has 0 atom stereocenters. The Labute approximate surface area is 233 Å². The molecule has 0 spiro atoms. The smallest absolute Gasteiger partial charge is 0.250 e. The number of fused-ring (bicyclic) bond motifs is 3. The lowest BCUT2D eigenvalue weighted by Gasteiger charge is -2.19. The number of hydrogen-bond donors (Lipinski definition) is 1. The monoisotopic (exact) mass is 538 g/mol. The molecule has 2 heterocycles. The van der Waals surface area contributed by atoms with Crippen LogP contribution in [0.1, 0.15) is 45.7 Å². The van der Waals surface area contributed by atoms with Crippen molar-refractivity contribution in [2.24, 2.45) is 5.10 Å². The Balaban J connectivity index is 1.23. The van der Waals surface area contributed by atoms with Gasteiger partial charge < -0.3 is 9.13 Å². The second-order valence-electron chi connectivity index (χ2n) is 10.5. The van der Waals surface area contributed by atoms with E-state index in [-0.39, 0.29) is 17.1 Å². The average molecular weight is 539 g/mol. The largest absolute Gasteiger partial charge is 0.341 e. The maximum Gasteiger partial charge on any atom is 0.250 e. The fourth-order valence-corrected chi connectivity index (χ4v) is 5.64. The van der Waals surface area contributed by atoms with Crippen molar-refractivity contribution in [3.8, 4) is 11.4 Å². The van der Waals surface area contributed by atoms with Gasteiger partial charge >= 0.3 is 0 Å². The highest BCUT2D eigenvalue weighted by atomic mass is 32.2. The van der Waals surface area contributed by atoms with Crippen LogP contribution in [-0.4, -0.2) is 37.2 Å². The van der Waals surface area contributed by atoms with Crippen molar-refractivity contribution < 1.29 is 4.79 Å². The summed E-state index contributed by atoms with van der Waals surface area (Å²) in [4.78, 5) is 12.5. The number of hydrogen-bond acceptors (Lipinski definition) is 5. The minimum absolute atomic E-state index is 0.0933. The predicted octanol–water partition coefficient (Wildman–Crippen LogP) is 6.63. The molecule has 0 unspecified atom stereocenters. The summed E-state index contributed by atoms with van der Waals surface area (Å²) in [6.07, 6.45) is 1.69. The van der Waals surface area contributed by atoms with Crippen LogP contribution in [0.15, 0.2) is 77.0 Å². The number of aryl methyl sites for hydroxylation is 1. The average Bonchev–Trinajstić information content (AvgIpc) is 3.49. The standard InChI is InChI=1S/C31H34N6OS/c1-6-36-26-11-9-8-10-24(26)25-18-21(12-17-27(25)36)19-32-33-28(38)20-39-30-35-34-29(37(30)7-2)22-13-15-23(16-14-22)31(3,4)5/h8-19H,6-7,20H2,1-5H3,(H,33,38)/b32-19+. The predicted molar refractivity (Wildman–Crippen MR) is 161 cm³/mol. The number of hydrazone groups is 1. The van der Waals surface area contributed by atoms with Crippen molar-refractivity contribution >= 4 is 45.7 Å². The number of nitrogens with one attached hydrogen (secondary N) is 1. The van der Waals surface area contributed by atoms with Gasteiger partial charge in [-0.2, -0.15) is 5.10 Å². The third-order valence-corrected chi connectivity index (χ3v) is 7.86. The molecule has 0 saturated carbocycles. The Morgan fingerprint density at radius 3 is 2.36 bits per heavy atom. The molecule has 200 valence electrons. The number of para-hydroxylation sites is 1. The van der Waals surface area contributed by atoms with Gasteiger partial charge in [-0.3, -0.25) is 4.79 Å². The van der Waals surface area contributed by atoms with Crippen LogP contribution in [0, 0.1) is 0 Å². The summed E-state index contributed by atoms with van der Waals surface area (Å²) in [5.74, 6) is 0.807. The number of thioether (sulfide) groups is 1. The van der Waals surface area contributed by atoms with Crippen LogP contribution in [0.5, 0.6) is 0 Å². The Morgan fingerprint density at radius 2 is 1.64 bits per heavy atom. The highest BCUT2D eigenvalue weighted by molar-refractivity contribution is 7.99. The lowest BCUT2D eigenvalue weighted by atomic mass is 9.87. The van der Waals surface area contributed by atoms with E-state index < -0.39 is 0 Å². The molecule has 8 heteroatoms. The molecular weight excluding hydrogens is 504 g/mol. The van der Waals surface area contributed by atoms with Gasteiger partial charge in [0.2, 0.25) is 0 Å². The first-order chi connectivity index (χ1) is 18.8. The summed E-state index contributed by atoms with van der Waals surface area (Å²) in [6.45, 7) is 12.4. The van der Waals surface area contributed by atoms with E-state index in [1.165, 1.54) is 39.1 Å². The third-order valence-electron chi connectivity index (χ3n) is 6.89. The first-order valence-electron chi connectivity index (χ1n) is 13.3. The Bertz CT molecular complexity index is 1660. The van der Waals surface area contributed by atoms with Crippen LogP contribution in [0.4, 0.5) is 0 Å². The zero-order chi connectivity index (χ0) is 27.6. The van der Waals surface area contributed by atoms with E-state index in [1.807, 2.05) is 10.6 Å².